The van der Waals surface area contributed by atoms with Crippen molar-refractivity contribution in [2.75, 3.05) is 58.0 Å². The second-order valence-corrected chi connectivity index (χ2v) is 8.66. The number of morpholine rings is 1. The number of hydrogen-bond donors (Lipinski definition) is 1. The number of anilines is 1. The van der Waals surface area contributed by atoms with Crippen molar-refractivity contribution in [2.45, 2.75) is 19.4 Å². The summed E-state index contributed by atoms with van der Waals surface area (Å²) in [5, 5.41) is 1.07. The van der Waals surface area contributed by atoms with E-state index in [1.54, 1.807) is 6.33 Å². The molecule has 2 aliphatic rings. The highest BCUT2D eigenvalue weighted by Crippen LogP contribution is 2.29. The number of aromatic nitrogens is 3. The topological polar surface area (TPSA) is 66.5 Å². The van der Waals surface area contributed by atoms with E-state index in [2.05, 4.69) is 62.1 Å². The minimum absolute atomic E-state index is 0.654. The second kappa shape index (κ2) is 9.34. The maximum Gasteiger partial charge on any atom is 0.143 e. The predicted molar refractivity (Wildman–Crippen MR) is 122 cm³/mol. The largest absolute Gasteiger partial charge is 0.381 e. The van der Waals surface area contributed by atoms with E-state index in [4.69, 9.17) is 9.47 Å². The van der Waals surface area contributed by atoms with Crippen LogP contribution in [0.25, 0.3) is 22.3 Å². The first kappa shape index (κ1) is 20.4. The molecular weight excluding hydrogens is 390 g/mol. The van der Waals surface area contributed by atoms with Crippen LogP contribution in [0.1, 0.15) is 18.4 Å². The molecule has 7 heteroatoms. The molecule has 2 aromatic heterocycles. The fourth-order valence-electron chi connectivity index (χ4n) is 4.60. The Morgan fingerprint density at radius 2 is 1.77 bits per heavy atom. The number of ether oxygens (including phenoxy) is 2. The molecule has 0 radical (unpaired) electrons. The van der Waals surface area contributed by atoms with Crippen molar-refractivity contribution < 1.29 is 9.47 Å². The highest BCUT2D eigenvalue weighted by Gasteiger charge is 2.19. The zero-order chi connectivity index (χ0) is 21.0. The summed E-state index contributed by atoms with van der Waals surface area (Å²) in [6.07, 6.45) is 3.89. The molecule has 0 aliphatic carbocycles. The van der Waals surface area contributed by atoms with Crippen LogP contribution >= 0.6 is 0 Å². The first-order valence-corrected chi connectivity index (χ1v) is 11.3. The van der Waals surface area contributed by atoms with Gasteiger partial charge in [0, 0.05) is 52.1 Å². The van der Waals surface area contributed by atoms with E-state index in [1.165, 1.54) is 11.1 Å². The van der Waals surface area contributed by atoms with Crippen LogP contribution in [0.2, 0.25) is 0 Å². The molecule has 1 N–H and O–H groups in total. The van der Waals surface area contributed by atoms with E-state index in [9.17, 15) is 0 Å². The molecule has 2 fully saturated rings. The van der Waals surface area contributed by atoms with Gasteiger partial charge in [-0.3, -0.25) is 4.90 Å². The van der Waals surface area contributed by atoms with Crippen molar-refractivity contribution in [3.63, 3.8) is 0 Å². The van der Waals surface area contributed by atoms with E-state index in [0.717, 1.165) is 88.0 Å². The van der Waals surface area contributed by atoms with Crippen LogP contribution in [0.3, 0.4) is 0 Å². The van der Waals surface area contributed by atoms with Gasteiger partial charge in [-0.05, 0) is 36.0 Å². The molecule has 2 saturated heterocycles. The van der Waals surface area contributed by atoms with Gasteiger partial charge >= 0.3 is 0 Å². The number of benzene rings is 1. The van der Waals surface area contributed by atoms with Gasteiger partial charge in [-0.1, -0.05) is 24.3 Å². The van der Waals surface area contributed by atoms with Crippen molar-refractivity contribution in [2.24, 2.45) is 5.92 Å². The van der Waals surface area contributed by atoms with Gasteiger partial charge in [0.15, 0.2) is 0 Å². The number of fused-ring (bicyclic) bond motifs is 1. The molecule has 0 bridgehead atoms. The number of nitrogens with one attached hydrogen (secondary N) is 1. The number of nitrogens with zero attached hydrogens (tertiary/aromatic N) is 4. The van der Waals surface area contributed by atoms with E-state index in [-0.39, 0.29) is 0 Å². The maximum atomic E-state index is 5.50. The Hall–Kier alpha value is -2.48. The quantitative estimate of drug-likeness (QED) is 0.659. The van der Waals surface area contributed by atoms with Crippen LogP contribution in [-0.2, 0) is 16.0 Å². The molecule has 31 heavy (non-hydrogen) atoms. The lowest BCUT2D eigenvalue weighted by molar-refractivity contribution is 0.0342. The molecule has 0 atom stereocenters. The molecule has 5 rings (SSSR count). The zero-order valence-electron chi connectivity index (χ0n) is 18.2. The first-order valence-electron chi connectivity index (χ1n) is 11.3. The summed E-state index contributed by atoms with van der Waals surface area (Å²) in [6, 6.07) is 11.0. The van der Waals surface area contributed by atoms with E-state index in [1.807, 2.05) is 0 Å². The Morgan fingerprint density at radius 3 is 2.55 bits per heavy atom. The second-order valence-electron chi connectivity index (χ2n) is 8.66. The Bertz CT molecular complexity index is 991. The van der Waals surface area contributed by atoms with Gasteiger partial charge in [-0.25, -0.2) is 9.97 Å². The SMILES string of the molecule is CN(CC1CCOCC1)c1ncnc2[nH]c(-c3ccc(CN4CCOCC4)cc3)cc12. The highest BCUT2D eigenvalue weighted by atomic mass is 16.5. The lowest BCUT2D eigenvalue weighted by atomic mass is 10.00. The van der Waals surface area contributed by atoms with Gasteiger partial charge in [0.2, 0.25) is 0 Å². The van der Waals surface area contributed by atoms with Gasteiger partial charge in [-0.2, -0.15) is 0 Å². The summed E-state index contributed by atoms with van der Waals surface area (Å²) in [5.41, 5.74) is 4.46. The van der Waals surface area contributed by atoms with Gasteiger partial charge in [0.1, 0.15) is 17.8 Å². The number of H-pyrrole nitrogens is 1. The molecule has 0 amide bonds. The molecule has 4 heterocycles. The summed E-state index contributed by atoms with van der Waals surface area (Å²) in [5.74, 6) is 1.64. The third-order valence-electron chi connectivity index (χ3n) is 6.41. The van der Waals surface area contributed by atoms with Crippen LogP contribution in [-0.4, -0.2) is 73.0 Å². The monoisotopic (exact) mass is 421 g/mol. The lowest BCUT2D eigenvalue weighted by Gasteiger charge is -2.27. The van der Waals surface area contributed by atoms with Crippen molar-refractivity contribution in [3.8, 4) is 11.3 Å². The van der Waals surface area contributed by atoms with E-state index < -0.39 is 0 Å². The van der Waals surface area contributed by atoms with Crippen molar-refractivity contribution >= 4 is 16.9 Å². The smallest absolute Gasteiger partial charge is 0.143 e. The zero-order valence-corrected chi connectivity index (χ0v) is 18.2. The molecule has 0 saturated carbocycles. The minimum atomic E-state index is 0.654. The van der Waals surface area contributed by atoms with Gasteiger partial charge in [0.25, 0.3) is 0 Å². The summed E-state index contributed by atoms with van der Waals surface area (Å²) in [4.78, 5) is 17.3. The summed E-state index contributed by atoms with van der Waals surface area (Å²) in [6.45, 7) is 7.38. The Kier molecular flexibility index (Phi) is 6.15. The molecule has 3 aromatic rings. The summed E-state index contributed by atoms with van der Waals surface area (Å²) >= 11 is 0. The fourth-order valence-corrected chi connectivity index (χ4v) is 4.60. The van der Waals surface area contributed by atoms with Crippen molar-refractivity contribution in [1.82, 2.24) is 19.9 Å². The minimum Gasteiger partial charge on any atom is -0.381 e. The third-order valence-corrected chi connectivity index (χ3v) is 6.41. The van der Waals surface area contributed by atoms with Gasteiger partial charge < -0.3 is 19.4 Å². The van der Waals surface area contributed by atoms with Gasteiger partial charge in [-0.15, -0.1) is 0 Å². The maximum absolute atomic E-state index is 5.50. The van der Waals surface area contributed by atoms with E-state index >= 15 is 0 Å². The van der Waals surface area contributed by atoms with Crippen molar-refractivity contribution in [1.29, 1.82) is 0 Å². The van der Waals surface area contributed by atoms with Crippen molar-refractivity contribution in [3.05, 3.63) is 42.2 Å². The van der Waals surface area contributed by atoms with Crippen LogP contribution in [0.4, 0.5) is 5.82 Å². The molecule has 164 valence electrons. The number of hydrogen-bond acceptors (Lipinski definition) is 6. The normalized spacial score (nSPS) is 18.5. The molecule has 7 nitrogen and oxygen atoms in total. The van der Waals surface area contributed by atoms with Crippen LogP contribution in [0.5, 0.6) is 0 Å². The first-order chi connectivity index (χ1) is 15.3. The predicted octanol–water partition coefficient (Wildman–Crippen LogP) is 3.32. The fraction of sp³-hybridized carbons (Fsp3) is 0.500. The number of aromatic amines is 1. The Balaban J connectivity index is 1.33. The average Bonchev–Trinajstić information content (AvgIpc) is 3.25. The van der Waals surface area contributed by atoms with Crippen LogP contribution < -0.4 is 4.90 Å². The standard InChI is InChI=1S/C24H31N5O2/c1-28(15-19-6-10-30-11-7-19)24-21-14-22(27-23(21)25-17-26-24)20-4-2-18(3-5-20)16-29-8-12-31-13-9-29/h2-5,14,17,19H,6-13,15-16H2,1H3,(H,25,26,27). The lowest BCUT2D eigenvalue weighted by Crippen LogP contribution is -2.35. The summed E-state index contributed by atoms with van der Waals surface area (Å²) in [7, 11) is 2.13. The van der Waals surface area contributed by atoms with Crippen LogP contribution in [0, 0.1) is 5.92 Å². The number of rotatable bonds is 6. The van der Waals surface area contributed by atoms with Gasteiger partial charge in [0.05, 0.1) is 18.6 Å². The Labute approximate surface area is 183 Å². The third kappa shape index (κ3) is 4.74. The Morgan fingerprint density at radius 1 is 1.03 bits per heavy atom. The molecular formula is C24H31N5O2. The molecule has 0 spiro atoms. The average molecular weight is 422 g/mol. The van der Waals surface area contributed by atoms with Crippen LogP contribution in [0.15, 0.2) is 36.7 Å². The summed E-state index contributed by atoms with van der Waals surface area (Å²) < 4.78 is 10.9. The molecule has 2 aliphatic heterocycles. The highest BCUT2D eigenvalue weighted by molar-refractivity contribution is 5.91. The van der Waals surface area contributed by atoms with E-state index in [0.29, 0.717) is 5.92 Å². The molecule has 0 unspecified atom stereocenters. The molecule has 1 aromatic carbocycles.